The Hall–Kier alpha value is -0.570. The molecular formula is C18H31ClN2. The number of rotatable bonds is 9. The van der Waals surface area contributed by atoms with E-state index in [1.807, 2.05) is 12.1 Å². The van der Waals surface area contributed by atoms with E-state index < -0.39 is 0 Å². The second-order valence-electron chi connectivity index (χ2n) is 6.44. The summed E-state index contributed by atoms with van der Waals surface area (Å²) in [7, 11) is 2.19. The first-order valence-corrected chi connectivity index (χ1v) is 8.49. The van der Waals surface area contributed by atoms with Crippen LogP contribution in [0.15, 0.2) is 24.3 Å². The van der Waals surface area contributed by atoms with Crippen LogP contribution in [0.3, 0.4) is 0 Å². The van der Waals surface area contributed by atoms with E-state index in [0.29, 0.717) is 6.04 Å². The first kappa shape index (κ1) is 18.5. The lowest BCUT2D eigenvalue weighted by Gasteiger charge is -2.27. The topological polar surface area (TPSA) is 29.3 Å². The highest BCUT2D eigenvalue weighted by atomic mass is 35.5. The van der Waals surface area contributed by atoms with Crippen LogP contribution in [0.25, 0.3) is 0 Å². The van der Waals surface area contributed by atoms with Crippen molar-refractivity contribution in [2.45, 2.75) is 46.1 Å². The average Bonchev–Trinajstić information content (AvgIpc) is 2.45. The van der Waals surface area contributed by atoms with Crippen molar-refractivity contribution in [2.24, 2.45) is 17.6 Å². The van der Waals surface area contributed by atoms with Crippen LogP contribution in [0.5, 0.6) is 0 Å². The average molecular weight is 311 g/mol. The van der Waals surface area contributed by atoms with E-state index in [1.54, 1.807) is 0 Å². The molecule has 0 aliphatic carbocycles. The van der Waals surface area contributed by atoms with E-state index in [4.69, 9.17) is 17.3 Å². The van der Waals surface area contributed by atoms with Gasteiger partial charge in [-0.25, -0.2) is 0 Å². The Bertz CT molecular complexity index is 406. The monoisotopic (exact) mass is 310 g/mol. The number of nitrogens with two attached hydrogens (primary N) is 1. The Balaban J connectivity index is 2.44. The molecular weight excluding hydrogens is 280 g/mol. The van der Waals surface area contributed by atoms with Crippen LogP contribution in [-0.2, 0) is 0 Å². The summed E-state index contributed by atoms with van der Waals surface area (Å²) in [6.45, 7) is 8.77. The third-order valence-corrected chi connectivity index (χ3v) is 4.79. The summed E-state index contributed by atoms with van der Waals surface area (Å²) in [4.78, 5) is 2.41. The summed E-state index contributed by atoms with van der Waals surface area (Å²) in [5.74, 6) is 1.48. The first-order valence-electron chi connectivity index (χ1n) is 8.11. The fourth-order valence-corrected chi connectivity index (χ4v) is 3.04. The molecule has 1 aromatic carbocycles. The third-order valence-electron chi connectivity index (χ3n) is 4.56. The molecule has 2 atom stereocenters. The molecule has 0 amide bonds. The van der Waals surface area contributed by atoms with Gasteiger partial charge in [-0.1, -0.05) is 37.6 Å². The number of hydrogen-bond acceptors (Lipinski definition) is 2. The van der Waals surface area contributed by atoms with Gasteiger partial charge in [-0.2, -0.15) is 0 Å². The molecule has 2 nitrogen and oxygen atoms in total. The minimum absolute atomic E-state index is 0.399. The lowest BCUT2D eigenvalue weighted by atomic mass is 9.88. The Morgan fingerprint density at radius 2 is 1.90 bits per heavy atom. The summed E-state index contributed by atoms with van der Waals surface area (Å²) in [6.07, 6.45) is 3.64. The van der Waals surface area contributed by atoms with Gasteiger partial charge in [-0.15, -0.1) is 0 Å². The minimum atomic E-state index is 0.399. The van der Waals surface area contributed by atoms with Crippen LogP contribution >= 0.6 is 11.6 Å². The molecule has 0 fully saturated rings. The molecule has 0 aromatic heterocycles. The van der Waals surface area contributed by atoms with Crippen LogP contribution in [0.1, 0.15) is 51.6 Å². The Kier molecular flexibility index (Phi) is 8.31. The standard InChI is InChI=1S/C18H31ClN2/c1-14(2)16(10-11-20)8-6-12-21(4)15(3)17-7-5-9-18(19)13-17/h5,7,9,13-16H,6,8,10-12,20H2,1-4H3. The smallest absolute Gasteiger partial charge is 0.0409 e. The largest absolute Gasteiger partial charge is 0.330 e. The minimum Gasteiger partial charge on any atom is -0.330 e. The molecule has 0 bridgehead atoms. The van der Waals surface area contributed by atoms with Gasteiger partial charge in [0.25, 0.3) is 0 Å². The zero-order valence-corrected chi connectivity index (χ0v) is 14.7. The van der Waals surface area contributed by atoms with Gasteiger partial charge in [-0.3, -0.25) is 4.90 Å². The predicted octanol–water partition coefficient (Wildman–Crippen LogP) is 4.73. The van der Waals surface area contributed by atoms with Gasteiger partial charge in [0.1, 0.15) is 0 Å². The summed E-state index contributed by atoms with van der Waals surface area (Å²) < 4.78 is 0. The Morgan fingerprint density at radius 1 is 1.19 bits per heavy atom. The van der Waals surface area contributed by atoms with Gasteiger partial charge >= 0.3 is 0 Å². The van der Waals surface area contributed by atoms with E-state index >= 15 is 0 Å². The van der Waals surface area contributed by atoms with Crippen molar-refractivity contribution < 1.29 is 0 Å². The molecule has 1 aromatic rings. The Morgan fingerprint density at radius 3 is 2.48 bits per heavy atom. The summed E-state index contributed by atoms with van der Waals surface area (Å²) in [5, 5.41) is 0.815. The molecule has 0 spiro atoms. The molecule has 0 saturated carbocycles. The number of hydrogen-bond donors (Lipinski definition) is 1. The van der Waals surface area contributed by atoms with Gasteiger partial charge < -0.3 is 5.73 Å². The van der Waals surface area contributed by atoms with E-state index in [0.717, 1.165) is 36.4 Å². The van der Waals surface area contributed by atoms with Crippen molar-refractivity contribution in [1.82, 2.24) is 4.90 Å². The number of benzene rings is 1. The fourth-order valence-electron chi connectivity index (χ4n) is 2.84. The maximum Gasteiger partial charge on any atom is 0.0409 e. The van der Waals surface area contributed by atoms with Gasteiger partial charge in [-0.05, 0) is 75.9 Å². The van der Waals surface area contributed by atoms with Crippen molar-refractivity contribution in [3.8, 4) is 0 Å². The lowest BCUT2D eigenvalue weighted by molar-refractivity contribution is 0.238. The second kappa shape index (κ2) is 9.45. The highest BCUT2D eigenvalue weighted by Crippen LogP contribution is 2.24. The molecule has 3 heteroatoms. The van der Waals surface area contributed by atoms with Gasteiger partial charge in [0.05, 0.1) is 0 Å². The third kappa shape index (κ3) is 6.37. The van der Waals surface area contributed by atoms with Gasteiger partial charge in [0.2, 0.25) is 0 Å². The highest BCUT2D eigenvalue weighted by Gasteiger charge is 2.15. The van der Waals surface area contributed by atoms with Crippen molar-refractivity contribution in [3.63, 3.8) is 0 Å². The van der Waals surface area contributed by atoms with Crippen LogP contribution in [-0.4, -0.2) is 25.0 Å². The normalized spacial score (nSPS) is 14.7. The SMILES string of the molecule is CC(C)C(CCN)CCCN(C)C(C)c1cccc(Cl)c1. The number of nitrogens with zero attached hydrogens (tertiary/aromatic N) is 1. The van der Waals surface area contributed by atoms with E-state index in [1.165, 1.54) is 18.4 Å². The molecule has 1 rings (SSSR count). The van der Waals surface area contributed by atoms with Crippen molar-refractivity contribution in [3.05, 3.63) is 34.9 Å². The summed E-state index contributed by atoms with van der Waals surface area (Å²) >= 11 is 6.08. The van der Waals surface area contributed by atoms with E-state index in [2.05, 4.69) is 44.9 Å². The molecule has 120 valence electrons. The van der Waals surface area contributed by atoms with Crippen molar-refractivity contribution >= 4 is 11.6 Å². The summed E-state index contributed by atoms with van der Waals surface area (Å²) in [6, 6.07) is 8.57. The van der Waals surface area contributed by atoms with Crippen LogP contribution in [0.2, 0.25) is 5.02 Å². The molecule has 21 heavy (non-hydrogen) atoms. The zero-order valence-electron chi connectivity index (χ0n) is 14.0. The molecule has 0 saturated heterocycles. The number of halogens is 1. The maximum absolute atomic E-state index is 6.08. The van der Waals surface area contributed by atoms with Crippen LogP contribution in [0.4, 0.5) is 0 Å². The fraction of sp³-hybridized carbons (Fsp3) is 0.667. The van der Waals surface area contributed by atoms with Gasteiger partial charge in [0.15, 0.2) is 0 Å². The Labute approximate surface area is 135 Å². The van der Waals surface area contributed by atoms with Crippen LogP contribution in [0, 0.1) is 11.8 Å². The molecule has 0 heterocycles. The van der Waals surface area contributed by atoms with Crippen molar-refractivity contribution in [1.29, 1.82) is 0 Å². The zero-order chi connectivity index (χ0) is 15.8. The molecule has 0 radical (unpaired) electrons. The summed E-state index contributed by atoms with van der Waals surface area (Å²) in [5.41, 5.74) is 7.00. The molecule has 2 N–H and O–H groups in total. The predicted molar refractivity (Wildman–Crippen MR) is 93.7 cm³/mol. The van der Waals surface area contributed by atoms with Crippen molar-refractivity contribution in [2.75, 3.05) is 20.1 Å². The second-order valence-corrected chi connectivity index (χ2v) is 6.87. The molecule has 0 aliphatic rings. The first-order chi connectivity index (χ1) is 9.95. The molecule has 0 aliphatic heterocycles. The maximum atomic E-state index is 6.08. The quantitative estimate of drug-likeness (QED) is 0.714. The van der Waals surface area contributed by atoms with E-state index in [-0.39, 0.29) is 0 Å². The van der Waals surface area contributed by atoms with E-state index in [9.17, 15) is 0 Å². The molecule has 2 unspecified atom stereocenters. The van der Waals surface area contributed by atoms with Crippen LogP contribution < -0.4 is 5.73 Å². The lowest BCUT2D eigenvalue weighted by Crippen LogP contribution is -2.24. The van der Waals surface area contributed by atoms with Gasteiger partial charge in [0, 0.05) is 11.1 Å². The highest BCUT2D eigenvalue weighted by molar-refractivity contribution is 6.30.